The fourth-order valence-corrected chi connectivity index (χ4v) is 2.38. The van der Waals surface area contributed by atoms with Crippen molar-refractivity contribution in [3.63, 3.8) is 0 Å². The van der Waals surface area contributed by atoms with Crippen LogP contribution in [-0.4, -0.2) is 48.6 Å². The van der Waals surface area contributed by atoms with E-state index in [-0.39, 0.29) is 0 Å². The normalized spacial score (nSPS) is 12.5. The summed E-state index contributed by atoms with van der Waals surface area (Å²) >= 11 is 0. The predicted octanol–water partition coefficient (Wildman–Crippen LogP) is 1.72. The van der Waals surface area contributed by atoms with Crippen LogP contribution in [0.5, 0.6) is 0 Å². The number of hydrogen-bond donors (Lipinski definition) is 1. The third-order valence-electron chi connectivity index (χ3n) is 3.86. The summed E-state index contributed by atoms with van der Waals surface area (Å²) in [5.41, 5.74) is 3.21. The van der Waals surface area contributed by atoms with E-state index in [0.717, 1.165) is 24.2 Å². The maximum Gasteiger partial charge on any atom is 0.204 e. The molecule has 0 aliphatic carbocycles. The van der Waals surface area contributed by atoms with Crippen molar-refractivity contribution < 1.29 is 0 Å². The highest BCUT2D eigenvalue weighted by Gasteiger charge is 2.12. The first-order valence-electron chi connectivity index (χ1n) is 7.50. The molecule has 0 spiro atoms. The minimum absolute atomic E-state index is 0.378. The van der Waals surface area contributed by atoms with Crippen LogP contribution in [0.4, 0.5) is 0 Å². The Bertz CT molecular complexity index is 710. The second-order valence-corrected chi connectivity index (χ2v) is 5.60. The molecule has 0 saturated heterocycles. The first-order valence-corrected chi connectivity index (χ1v) is 7.50. The molecule has 0 bridgehead atoms. The Morgan fingerprint density at radius 2 is 2.00 bits per heavy atom. The van der Waals surface area contributed by atoms with Gasteiger partial charge in [-0.3, -0.25) is 14.9 Å². The molecule has 1 aromatic carbocycles. The number of hydrogen-bond acceptors (Lipinski definition) is 6. The fourth-order valence-electron chi connectivity index (χ4n) is 2.38. The van der Waals surface area contributed by atoms with Crippen molar-refractivity contribution in [1.29, 1.82) is 0 Å². The summed E-state index contributed by atoms with van der Waals surface area (Å²) in [5.74, 6) is 0.612. The Morgan fingerprint density at radius 1 is 1.17 bits per heavy atom. The van der Waals surface area contributed by atoms with Crippen LogP contribution in [-0.2, 0) is 13.0 Å². The van der Waals surface area contributed by atoms with Crippen molar-refractivity contribution in [2.75, 3.05) is 7.05 Å². The molecule has 118 valence electrons. The summed E-state index contributed by atoms with van der Waals surface area (Å²) in [6, 6.07) is 8.60. The molecule has 0 amide bonds. The van der Waals surface area contributed by atoms with Gasteiger partial charge in [-0.05, 0) is 24.7 Å². The monoisotopic (exact) mass is 309 g/mol. The van der Waals surface area contributed by atoms with Crippen molar-refractivity contribution in [1.82, 2.24) is 35.5 Å². The largest absolute Gasteiger partial charge is 0.299 e. The van der Waals surface area contributed by atoms with Crippen LogP contribution in [0.3, 0.4) is 0 Å². The lowest BCUT2D eigenvalue weighted by molar-refractivity contribution is 0.246. The van der Waals surface area contributed by atoms with E-state index >= 15 is 0 Å². The van der Waals surface area contributed by atoms with E-state index in [1.807, 2.05) is 18.3 Å². The minimum Gasteiger partial charge on any atom is -0.299 e. The van der Waals surface area contributed by atoms with Crippen molar-refractivity contribution in [3.8, 4) is 11.4 Å². The molecule has 0 radical (unpaired) electrons. The molecule has 23 heavy (non-hydrogen) atoms. The molecule has 0 unspecified atom stereocenters. The molecule has 1 N–H and O–H groups in total. The van der Waals surface area contributed by atoms with Gasteiger partial charge < -0.3 is 0 Å². The van der Waals surface area contributed by atoms with E-state index in [1.165, 1.54) is 5.56 Å². The van der Waals surface area contributed by atoms with Crippen molar-refractivity contribution in [3.05, 3.63) is 54.1 Å². The average Bonchev–Trinajstić information content (AvgIpc) is 3.11. The first kappa shape index (κ1) is 15.2. The van der Waals surface area contributed by atoms with Gasteiger partial charge in [0, 0.05) is 43.2 Å². The second kappa shape index (κ2) is 7.06. The van der Waals surface area contributed by atoms with E-state index in [1.54, 1.807) is 12.4 Å². The Hall–Kier alpha value is -2.67. The third kappa shape index (κ3) is 3.95. The Balaban J connectivity index is 1.60. The summed E-state index contributed by atoms with van der Waals surface area (Å²) in [7, 11) is 2.12. The first-order chi connectivity index (χ1) is 11.2. The average molecular weight is 309 g/mol. The molecule has 0 fully saturated rings. The van der Waals surface area contributed by atoms with E-state index in [9.17, 15) is 0 Å². The standard InChI is InChI=1S/C16H19N7/c1-12(9-15-10-17-7-8-18-15)23(2)11-13-3-5-14(6-4-13)16-19-21-22-20-16/h3-8,10,12H,9,11H2,1-2H3,(H,19,20,21,22)/t12-/m0/s1. The van der Waals surface area contributed by atoms with Gasteiger partial charge in [0.1, 0.15) is 0 Å². The highest BCUT2D eigenvalue weighted by Crippen LogP contribution is 2.16. The summed E-state index contributed by atoms with van der Waals surface area (Å²) in [5, 5.41) is 14.0. The van der Waals surface area contributed by atoms with Crippen LogP contribution in [0, 0.1) is 0 Å². The lowest BCUT2D eigenvalue weighted by atomic mass is 10.1. The lowest BCUT2D eigenvalue weighted by Crippen LogP contribution is -2.30. The van der Waals surface area contributed by atoms with Gasteiger partial charge in [0.2, 0.25) is 5.82 Å². The number of likely N-dealkylation sites (N-methyl/N-ethyl adjacent to an activating group) is 1. The topological polar surface area (TPSA) is 83.5 Å². The zero-order valence-corrected chi connectivity index (χ0v) is 13.2. The third-order valence-corrected chi connectivity index (χ3v) is 3.86. The molecule has 0 aliphatic heterocycles. The van der Waals surface area contributed by atoms with Crippen LogP contribution in [0.15, 0.2) is 42.9 Å². The molecule has 2 aromatic heterocycles. The number of aromatic nitrogens is 6. The van der Waals surface area contributed by atoms with E-state index in [4.69, 9.17) is 0 Å². The minimum atomic E-state index is 0.378. The van der Waals surface area contributed by atoms with Crippen molar-refractivity contribution in [2.45, 2.75) is 25.9 Å². The number of H-pyrrole nitrogens is 1. The van der Waals surface area contributed by atoms with Crippen LogP contribution in [0.2, 0.25) is 0 Å². The van der Waals surface area contributed by atoms with Gasteiger partial charge >= 0.3 is 0 Å². The van der Waals surface area contributed by atoms with Crippen molar-refractivity contribution in [2.24, 2.45) is 0 Å². The molecule has 7 heteroatoms. The van der Waals surface area contributed by atoms with Gasteiger partial charge in [0.15, 0.2) is 0 Å². The number of benzene rings is 1. The zero-order valence-electron chi connectivity index (χ0n) is 13.2. The number of rotatable bonds is 6. The molecule has 0 saturated carbocycles. The number of aromatic amines is 1. The van der Waals surface area contributed by atoms with Gasteiger partial charge in [-0.2, -0.15) is 5.21 Å². The maximum absolute atomic E-state index is 4.34. The fraction of sp³-hybridized carbons (Fsp3) is 0.312. The van der Waals surface area contributed by atoms with Gasteiger partial charge in [-0.1, -0.05) is 24.3 Å². The predicted molar refractivity (Wildman–Crippen MR) is 86.3 cm³/mol. The zero-order chi connectivity index (χ0) is 16.1. The summed E-state index contributed by atoms with van der Waals surface area (Å²) in [6.07, 6.45) is 6.14. The van der Waals surface area contributed by atoms with Crippen molar-refractivity contribution >= 4 is 0 Å². The number of nitrogens with one attached hydrogen (secondary N) is 1. The van der Waals surface area contributed by atoms with Crippen LogP contribution >= 0.6 is 0 Å². The molecular weight excluding hydrogens is 290 g/mol. The van der Waals surface area contributed by atoms with E-state index in [2.05, 4.69) is 61.6 Å². The molecule has 3 rings (SSSR count). The Labute approximate surface area is 134 Å². The number of tetrazole rings is 1. The highest BCUT2D eigenvalue weighted by atomic mass is 15.5. The van der Waals surface area contributed by atoms with Gasteiger partial charge in [0.25, 0.3) is 0 Å². The van der Waals surface area contributed by atoms with Gasteiger partial charge in [-0.25, -0.2) is 0 Å². The molecule has 1 atom stereocenters. The molecule has 7 nitrogen and oxygen atoms in total. The van der Waals surface area contributed by atoms with E-state index in [0.29, 0.717) is 11.9 Å². The summed E-state index contributed by atoms with van der Waals surface area (Å²) in [4.78, 5) is 10.8. The van der Waals surface area contributed by atoms with Crippen LogP contribution in [0.25, 0.3) is 11.4 Å². The molecular formula is C16H19N7. The van der Waals surface area contributed by atoms with Crippen LogP contribution < -0.4 is 0 Å². The summed E-state index contributed by atoms with van der Waals surface area (Å²) in [6.45, 7) is 3.07. The lowest BCUT2D eigenvalue weighted by Gasteiger charge is -2.24. The molecule has 0 aliphatic rings. The van der Waals surface area contributed by atoms with E-state index < -0.39 is 0 Å². The smallest absolute Gasteiger partial charge is 0.204 e. The Morgan fingerprint density at radius 3 is 2.65 bits per heavy atom. The van der Waals surface area contributed by atoms with Gasteiger partial charge in [0.05, 0.1) is 5.69 Å². The molecule has 2 heterocycles. The SMILES string of the molecule is C[C@@H](Cc1cnccn1)N(C)Cc1ccc(-c2nn[nH]n2)cc1. The Kier molecular flexibility index (Phi) is 4.68. The van der Waals surface area contributed by atoms with Crippen LogP contribution in [0.1, 0.15) is 18.2 Å². The second-order valence-electron chi connectivity index (χ2n) is 5.60. The quantitative estimate of drug-likeness (QED) is 0.746. The number of nitrogens with zero attached hydrogens (tertiary/aromatic N) is 6. The maximum atomic E-state index is 4.34. The summed E-state index contributed by atoms with van der Waals surface area (Å²) < 4.78 is 0. The van der Waals surface area contributed by atoms with Gasteiger partial charge in [-0.15, -0.1) is 10.2 Å². The highest BCUT2D eigenvalue weighted by molar-refractivity contribution is 5.54. The molecule has 3 aromatic rings.